The van der Waals surface area contributed by atoms with Gasteiger partial charge in [-0.05, 0) is 18.6 Å². The van der Waals surface area contributed by atoms with Crippen LogP contribution in [0.4, 0.5) is 5.95 Å². The molecule has 1 aliphatic rings. The molecule has 0 unspecified atom stereocenters. The number of rotatable bonds is 7. The molecule has 164 valence electrons. The van der Waals surface area contributed by atoms with E-state index in [4.69, 9.17) is 4.74 Å². The fourth-order valence-electron chi connectivity index (χ4n) is 4.12. The summed E-state index contributed by atoms with van der Waals surface area (Å²) in [4.78, 5) is 19.1. The van der Waals surface area contributed by atoms with E-state index < -0.39 is 0 Å². The molecular weight excluding hydrogens is 422 g/mol. The van der Waals surface area contributed by atoms with Crippen LogP contribution in [0.2, 0.25) is 0 Å². The maximum Gasteiger partial charge on any atom is 0.228 e. The molecule has 7 nitrogen and oxygen atoms in total. The lowest BCUT2D eigenvalue weighted by Gasteiger charge is -2.27. The standard InChI is InChI=1S/C24H25N5O2S/c1-2-29-23(28-12-14-31-15-13-28)26-27-24(29)32-16-20(30)21-18-10-6-7-11-19(18)25-22(21)17-8-4-3-5-9-17/h3-11,25H,2,12-16H2,1H3. The van der Waals surface area contributed by atoms with Gasteiger partial charge >= 0.3 is 0 Å². The van der Waals surface area contributed by atoms with E-state index in [1.807, 2.05) is 54.6 Å². The van der Waals surface area contributed by atoms with Gasteiger partial charge in [-0.1, -0.05) is 60.3 Å². The Morgan fingerprint density at radius 3 is 2.59 bits per heavy atom. The Bertz CT molecular complexity index is 1230. The van der Waals surface area contributed by atoms with Gasteiger partial charge in [-0.25, -0.2) is 0 Å². The van der Waals surface area contributed by atoms with Crippen molar-refractivity contribution in [2.75, 3.05) is 37.0 Å². The van der Waals surface area contributed by atoms with Crippen LogP contribution in [0.5, 0.6) is 0 Å². The molecule has 5 rings (SSSR count). The van der Waals surface area contributed by atoms with Crippen molar-refractivity contribution in [3.8, 4) is 11.3 Å². The number of hydrogen-bond acceptors (Lipinski definition) is 6. The normalized spacial score (nSPS) is 14.2. The van der Waals surface area contributed by atoms with Gasteiger partial charge in [0.25, 0.3) is 0 Å². The third kappa shape index (κ3) is 3.91. The van der Waals surface area contributed by atoms with Gasteiger partial charge in [-0.15, -0.1) is 10.2 Å². The maximum atomic E-state index is 13.5. The van der Waals surface area contributed by atoms with Crippen molar-refractivity contribution in [2.45, 2.75) is 18.6 Å². The Labute approximate surface area is 190 Å². The SMILES string of the molecule is CCn1c(SCC(=O)c2c(-c3ccccc3)[nH]c3ccccc23)nnc1N1CCOCC1. The summed E-state index contributed by atoms with van der Waals surface area (Å²) in [7, 11) is 0. The zero-order valence-corrected chi connectivity index (χ0v) is 18.8. The lowest BCUT2D eigenvalue weighted by Crippen LogP contribution is -2.38. The number of para-hydroxylation sites is 1. The average molecular weight is 448 g/mol. The number of benzene rings is 2. The van der Waals surface area contributed by atoms with Gasteiger partial charge in [-0.2, -0.15) is 0 Å². The number of nitrogens with one attached hydrogen (secondary N) is 1. The van der Waals surface area contributed by atoms with Crippen LogP contribution in [-0.2, 0) is 11.3 Å². The smallest absolute Gasteiger partial charge is 0.228 e. The minimum atomic E-state index is 0.0740. The summed E-state index contributed by atoms with van der Waals surface area (Å²) in [5.74, 6) is 1.22. The summed E-state index contributed by atoms with van der Waals surface area (Å²) in [6, 6.07) is 18.0. The molecule has 8 heteroatoms. The molecule has 0 saturated carbocycles. The number of morpholine rings is 1. The first-order valence-corrected chi connectivity index (χ1v) is 11.8. The Hall–Kier alpha value is -3.10. The molecule has 0 spiro atoms. The van der Waals surface area contributed by atoms with Gasteiger partial charge < -0.3 is 14.6 Å². The largest absolute Gasteiger partial charge is 0.378 e. The van der Waals surface area contributed by atoms with Crippen LogP contribution in [0.1, 0.15) is 17.3 Å². The summed E-state index contributed by atoms with van der Waals surface area (Å²) >= 11 is 1.44. The number of anilines is 1. The molecule has 0 bridgehead atoms. The van der Waals surface area contributed by atoms with Gasteiger partial charge in [0.05, 0.1) is 30.2 Å². The Balaban J connectivity index is 1.42. The minimum absolute atomic E-state index is 0.0740. The van der Waals surface area contributed by atoms with E-state index >= 15 is 0 Å². The predicted octanol–water partition coefficient (Wildman–Crippen LogP) is 4.26. The number of H-pyrrole nitrogens is 1. The number of fused-ring (bicyclic) bond motifs is 1. The Kier molecular flexibility index (Phi) is 5.96. The molecule has 4 aromatic rings. The summed E-state index contributed by atoms with van der Waals surface area (Å²) in [5.41, 5.74) is 3.56. The number of nitrogens with zero attached hydrogens (tertiary/aromatic N) is 4. The van der Waals surface area contributed by atoms with Crippen LogP contribution >= 0.6 is 11.8 Å². The number of carbonyl (C=O) groups excluding carboxylic acids is 1. The fraction of sp³-hybridized carbons (Fsp3) is 0.292. The third-order valence-corrected chi connectivity index (χ3v) is 6.65. The zero-order chi connectivity index (χ0) is 21.9. The maximum absolute atomic E-state index is 13.5. The van der Waals surface area contributed by atoms with E-state index in [2.05, 4.69) is 31.6 Å². The third-order valence-electron chi connectivity index (χ3n) is 5.69. The van der Waals surface area contributed by atoms with Gasteiger partial charge in [0, 0.05) is 30.5 Å². The molecule has 3 heterocycles. The van der Waals surface area contributed by atoms with E-state index in [1.165, 1.54) is 11.8 Å². The Morgan fingerprint density at radius 2 is 1.81 bits per heavy atom. The van der Waals surface area contributed by atoms with Gasteiger partial charge in [0.15, 0.2) is 10.9 Å². The van der Waals surface area contributed by atoms with Crippen LogP contribution in [0.15, 0.2) is 59.8 Å². The fourth-order valence-corrected chi connectivity index (χ4v) is 4.99. The molecule has 1 N–H and O–H groups in total. The second kappa shape index (κ2) is 9.18. The quantitative estimate of drug-likeness (QED) is 0.337. The molecule has 2 aromatic heterocycles. The molecule has 1 fully saturated rings. The predicted molar refractivity (Wildman–Crippen MR) is 128 cm³/mol. The molecule has 0 amide bonds. The number of hydrogen-bond donors (Lipinski definition) is 1. The van der Waals surface area contributed by atoms with Gasteiger partial charge in [0.2, 0.25) is 5.95 Å². The summed E-state index contributed by atoms with van der Waals surface area (Å²) in [5, 5.41) is 10.5. The van der Waals surface area contributed by atoms with E-state index in [1.54, 1.807) is 0 Å². The summed E-state index contributed by atoms with van der Waals surface area (Å²) in [6.45, 7) is 5.82. The van der Waals surface area contributed by atoms with E-state index in [0.717, 1.165) is 58.5 Å². The van der Waals surface area contributed by atoms with Crippen LogP contribution in [0.3, 0.4) is 0 Å². The number of carbonyl (C=O) groups is 1. The first-order valence-electron chi connectivity index (χ1n) is 10.8. The van der Waals surface area contributed by atoms with E-state index in [-0.39, 0.29) is 5.78 Å². The number of thioether (sulfide) groups is 1. The topological polar surface area (TPSA) is 76.0 Å². The average Bonchev–Trinajstić information content (AvgIpc) is 3.45. The van der Waals surface area contributed by atoms with Gasteiger partial charge in [0.1, 0.15) is 0 Å². The van der Waals surface area contributed by atoms with Crippen LogP contribution in [0, 0.1) is 0 Å². The summed E-state index contributed by atoms with van der Waals surface area (Å²) in [6.07, 6.45) is 0. The van der Waals surface area contributed by atoms with Crippen LogP contribution in [-0.4, -0.2) is 57.6 Å². The van der Waals surface area contributed by atoms with Crippen molar-refractivity contribution in [3.63, 3.8) is 0 Å². The monoisotopic (exact) mass is 447 g/mol. The molecule has 0 radical (unpaired) electrons. The van der Waals surface area contributed by atoms with E-state index in [0.29, 0.717) is 19.0 Å². The van der Waals surface area contributed by atoms with Crippen molar-refractivity contribution in [2.24, 2.45) is 0 Å². The number of aromatic nitrogens is 4. The van der Waals surface area contributed by atoms with E-state index in [9.17, 15) is 4.79 Å². The zero-order valence-electron chi connectivity index (χ0n) is 18.0. The highest BCUT2D eigenvalue weighted by Crippen LogP contribution is 2.32. The van der Waals surface area contributed by atoms with Crippen molar-refractivity contribution in [1.82, 2.24) is 19.7 Å². The molecular formula is C24H25N5O2S. The van der Waals surface area contributed by atoms with Gasteiger partial charge in [-0.3, -0.25) is 9.36 Å². The number of aromatic amines is 1. The highest BCUT2D eigenvalue weighted by atomic mass is 32.2. The van der Waals surface area contributed by atoms with Crippen molar-refractivity contribution < 1.29 is 9.53 Å². The van der Waals surface area contributed by atoms with Crippen LogP contribution in [0.25, 0.3) is 22.2 Å². The van der Waals surface area contributed by atoms with Crippen molar-refractivity contribution in [1.29, 1.82) is 0 Å². The lowest BCUT2D eigenvalue weighted by atomic mass is 10.0. The minimum Gasteiger partial charge on any atom is -0.378 e. The molecule has 0 atom stereocenters. The summed E-state index contributed by atoms with van der Waals surface area (Å²) < 4.78 is 7.53. The Morgan fingerprint density at radius 1 is 1.06 bits per heavy atom. The number of ether oxygens (including phenoxy) is 1. The molecule has 1 saturated heterocycles. The highest BCUT2D eigenvalue weighted by molar-refractivity contribution is 7.99. The molecule has 2 aromatic carbocycles. The number of Topliss-reactive ketones (excluding diaryl/α,β-unsaturated/α-hetero) is 1. The molecule has 32 heavy (non-hydrogen) atoms. The van der Waals surface area contributed by atoms with Crippen molar-refractivity contribution in [3.05, 3.63) is 60.2 Å². The van der Waals surface area contributed by atoms with Crippen LogP contribution < -0.4 is 4.90 Å². The lowest BCUT2D eigenvalue weighted by molar-refractivity contribution is 0.102. The first kappa shape index (κ1) is 20.8. The molecule has 0 aliphatic carbocycles. The first-order chi connectivity index (χ1) is 15.8. The number of ketones is 1. The van der Waals surface area contributed by atoms with Crippen molar-refractivity contribution >= 4 is 34.4 Å². The molecule has 1 aliphatic heterocycles. The second-order valence-electron chi connectivity index (χ2n) is 7.62. The second-order valence-corrected chi connectivity index (χ2v) is 8.57. The highest BCUT2D eigenvalue weighted by Gasteiger charge is 2.23.